The second kappa shape index (κ2) is 7.39. The Labute approximate surface area is 122 Å². The van der Waals surface area contributed by atoms with Gasteiger partial charge >= 0.3 is 5.69 Å². The monoisotopic (exact) mass is 294 g/mol. The highest BCUT2D eigenvalue weighted by atomic mass is 16.6. The Kier molecular flexibility index (Phi) is 5.86. The fourth-order valence-corrected chi connectivity index (χ4v) is 1.76. The summed E-state index contributed by atoms with van der Waals surface area (Å²) < 4.78 is 10.1. The van der Waals surface area contributed by atoms with E-state index in [1.807, 2.05) is 19.0 Å². The summed E-state index contributed by atoms with van der Waals surface area (Å²) >= 11 is 0. The maximum absolute atomic E-state index is 11.2. The average Bonchev–Trinajstić information content (AvgIpc) is 2.46. The number of nitro groups is 1. The smallest absolute Gasteiger partial charge is 0.315 e. The first kappa shape index (κ1) is 16.6. The molecule has 7 nitrogen and oxygen atoms in total. The molecule has 0 unspecified atom stereocenters. The van der Waals surface area contributed by atoms with Crippen molar-refractivity contribution >= 4 is 17.5 Å². The quantitative estimate of drug-likeness (QED) is 0.330. The molecule has 1 aromatic carbocycles. The molecule has 0 spiro atoms. The summed E-state index contributed by atoms with van der Waals surface area (Å²) in [7, 11) is 6.43. The van der Waals surface area contributed by atoms with Crippen LogP contribution >= 0.6 is 0 Å². The number of methoxy groups -OCH3 is 2. The van der Waals surface area contributed by atoms with Gasteiger partial charge in [-0.2, -0.15) is 0 Å². The van der Waals surface area contributed by atoms with Crippen molar-refractivity contribution in [1.29, 1.82) is 0 Å². The molecule has 21 heavy (non-hydrogen) atoms. The summed E-state index contributed by atoms with van der Waals surface area (Å²) in [6.07, 6.45) is 2.35. The average molecular weight is 294 g/mol. The van der Waals surface area contributed by atoms with Crippen molar-refractivity contribution in [1.82, 2.24) is 4.90 Å². The maximum Gasteiger partial charge on any atom is 0.315 e. The summed E-state index contributed by atoms with van der Waals surface area (Å²) in [6.45, 7) is 0.538. The largest absolute Gasteiger partial charge is 0.493 e. The standard InChI is InChI=1S/C14H18N2O5/c1-15(2)6-5-10(9-17)11-7-12(16(18)19)14(21-4)13(8-11)20-3/h5,7-9H,6H2,1-4H3. The van der Waals surface area contributed by atoms with Crippen LogP contribution in [0.25, 0.3) is 5.57 Å². The Morgan fingerprint density at radius 2 is 2.00 bits per heavy atom. The van der Waals surface area contributed by atoms with Gasteiger partial charge < -0.3 is 14.4 Å². The predicted octanol–water partition coefficient (Wildman–Crippen LogP) is 1.76. The van der Waals surface area contributed by atoms with Crippen LogP contribution in [0, 0.1) is 10.1 Å². The van der Waals surface area contributed by atoms with Crippen LogP contribution in [-0.4, -0.2) is 51.0 Å². The zero-order valence-electron chi connectivity index (χ0n) is 12.5. The lowest BCUT2D eigenvalue weighted by Gasteiger charge is -2.11. The van der Waals surface area contributed by atoms with Crippen molar-refractivity contribution in [3.05, 3.63) is 33.9 Å². The molecule has 0 radical (unpaired) electrons. The Morgan fingerprint density at radius 3 is 2.43 bits per heavy atom. The van der Waals surface area contributed by atoms with Crippen LogP contribution in [0.2, 0.25) is 0 Å². The summed E-state index contributed by atoms with van der Waals surface area (Å²) in [4.78, 5) is 23.7. The van der Waals surface area contributed by atoms with Gasteiger partial charge in [-0.15, -0.1) is 0 Å². The summed E-state index contributed by atoms with van der Waals surface area (Å²) in [6, 6.07) is 2.85. The Morgan fingerprint density at radius 1 is 1.33 bits per heavy atom. The number of nitrogens with zero attached hydrogens (tertiary/aromatic N) is 2. The normalized spacial score (nSPS) is 11.4. The van der Waals surface area contributed by atoms with Crippen LogP contribution in [0.15, 0.2) is 18.2 Å². The van der Waals surface area contributed by atoms with Crippen molar-refractivity contribution in [3.8, 4) is 11.5 Å². The van der Waals surface area contributed by atoms with Gasteiger partial charge in [-0.05, 0) is 25.7 Å². The second-order valence-electron chi connectivity index (χ2n) is 4.53. The van der Waals surface area contributed by atoms with Crippen molar-refractivity contribution < 1.29 is 19.2 Å². The van der Waals surface area contributed by atoms with Gasteiger partial charge in [0.25, 0.3) is 0 Å². The van der Waals surface area contributed by atoms with E-state index in [-0.39, 0.29) is 17.2 Å². The molecule has 114 valence electrons. The number of rotatable bonds is 7. The molecule has 0 bridgehead atoms. The third kappa shape index (κ3) is 4.03. The number of nitro benzene ring substituents is 1. The molecule has 0 aliphatic rings. The minimum atomic E-state index is -0.570. The van der Waals surface area contributed by atoms with E-state index in [0.717, 1.165) is 0 Å². The molecular formula is C14H18N2O5. The van der Waals surface area contributed by atoms with E-state index < -0.39 is 4.92 Å². The lowest BCUT2D eigenvalue weighted by molar-refractivity contribution is -0.385. The van der Waals surface area contributed by atoms with E-state index in [9.17, 15) is 14.9 Å². The molecule has 0 aliphatic carbocycles. The first-order valence-electron chi connectivity index (χ1n) is 6.15. The molecule has 0 saturated heterocycles. The molecule has 0 N–H and O–H groups in total. The highest BCUT2D eigenvalue weighted by Gasteiger charge is 2.22. The van der Waals surface area contributed by atoms with Crippen molar-refractivity contribution in [2.75, 3.05) is 34.9 Å². The van der Waals surface area contributed by atoms with Gasteiger partial charge in [-0.25, -0.2) is 0 Å². The van der Waals surface area contributed by atoms with E-state index in [0.29, 0.717) is 24.0 Å². The van der Waals surface area contributed by atoms with Crippen molar-refractivity contribution in [2.45, 2.75) is 0 Å². The molecule has 0 saturated carbocycles. The lowest BCUT2D eigenvalue weighted by Crippen LogP contribution is -2.11. The van der Waals surface area contributed by atoms with Crippen LogP contribution in [-0.2, 0) is 4.79 Å². The molecular weight excluding hydrogens is 276 g/mol. The van der Waals surface area contributed by atoms with Crippen LogP contribution in [0.3, 0.4) is 0 Å². The fourth-order valence-electron chi connectivity index (χ4n) is 1.76. The Balaban J connectivity index is 3.42. The minimum absolute atomic E-state index is 0.0316. The van der Waals surface area contributed by atoms with E-state index in [1.165, 1.54) is 20.3 Å². The fraction of sp³-hybridized carbons (Fsp3) is 0.357. The third-order valence-electron chi connectivity index (χ3n) is 2.79. The van der Waals surface area contributed by atoms with Gasteiger partial charge in [0.1, 0.15) is 6.29 Å². The summed E-state index contributed by atoms with van der Waals surface area (Å²) in [5.74, 6) is 0.239. The van der Waals surface area contributed by atoms with Crippen LogP contribution in [0.5, 0.6) is 11.5 Å². The Hall–Kier alpha value is -2.41. The Bertz CT molecular complexity index is 567. The van der Waals surface area contributed by atoms with Gasteiger partial charge in [-0.3, -0.25) is 14.9 Å². The SMILES string of the molecule is COc1cc(C(C=O)=CCN(C)C)cc([N+](=O)[O-])c1OC. The highest BCUT2D eigenvalue weighted by molar-refractivity contribution is 6.07. The molecule has 7 heteroatoms. The van der Waals surface area contributed by atoms with Crippen molar-refractivity contribution in [3.63, 3.8) is 0 Å². The molecule has 1 aromatic rings. The lowest BCUT2D eigenvalue weighted by atomic mass is 10.0. The number of ether oxygens (including phenoxy) is 2. The molecule has 0 aliphatic heterocycles. The van der Waals surface area contributed by atoms with Crippen LogP contribution in [0.1, 0.15) is 5.56 Å². The minimum Gasteiger partial charge on any atom is -0.493 e. The number of benzene rings is 1. The predicted molar refractivity (Wildman–Crippen MR) is 78.8 cm³/mol. The molecule has 0 heterocycles. The number of allylic oxidation sites excluding steroid dienone is 1. The van der Waals surface area contributed by atoms with Crippen LogP contribution < -0.4 is 9.47 Å². The van der Waals surface area contributed by atoms with Gasteiger partial charge in [0.15, 0.2) is 5.75 Å². The van der Waals surface area contributed by atoms with Gasteiger partial charge in [-0.1, -0.05) is 6.08 Å². The second-order valence-corrected chi connectivity index (χ2v) is 4.53. The van der Waals surface area contributed by atoms with E-state index in [4.69, 9.17) is 9.47 Å². The first-order valence-corrected chi connectivity index (χ1v) is 6.15. The van der Waals surface area contributed by atoms with Crippen LogP contribution in [0.4, 0.5) is 5.69 Å². The molecule has 0 atom stereocenters. The summed E-state index contributed by atoms with van der Waals surface area (Å²) in [5, 5.41) is 11.1. The van der Waals surface area contributed by atoms with E-state index >= 15 is 0 Å². The zero-order chi connectivity index (χ0) is 16.0. The zero-order valence-corrected chi connectivity index (χ0v) is 12.5. The number of aldehydes is 1. The molecule has 0 amide bonds. The van der Waals surface area contributed by atoms with E-state index in [1.54, 1.807) is 12.1 Å². The maximum atomic E-state index is 11.2. The number of hydrogen-bond acceptors (Lipinski definition) is 6. The van der Waals surface area contributed by atoms with Gasteiger partial charge in [0.2, 0.25) is 5.75 Å². The third-order valence-corrected chi connectivity index (χ3v) is 2.79. The van der Waals surface area contributed by atoms with E-state index in [2.05, 4.69) is 0 Å². The first-order chi connectivity index (χ1) is 9.94. The number of carbonyl (C=O) groups excluding carboxylic acids is 1. The number of likely N-dealkylation sites (N-methyl/N-ethyl adjacent to an activating group) is 1. The molecule has 0 aromatic heterocycles. The number of hydrogen-bond donors (Lipinski definition) is 0. The topological polar surface area (TPSA) is 81.9 Å². The van der Waals surface area contributed by atoms with Crippen molar-refractivity contribution in [2.24, 2.45) is 0 Å². The molecule has 0 fully saturated rings. The van der Waals surface area contributed by atoms with Gasteiger partial charge in [0.05, 0.1) is 19.1 Å². The number of carbonyl (C=O) groups is 1. The molecule has 1 rings (SSSR count). The van der Waals surface area contributed by atoms with Gasteiger partial charge in [0, 0.05) is 18.2 Å². The summed E-state index contributed by atoms with van der Waals surface area (Å²) in [5.41, 5.74) is 0.522. The highest BCUT2D eigenvalue weighted by Crippen LogP contribution is 2.39.